The predicted molar refractivity (Wildman–Crippen MR) is 100 cm³/mol. The van der Waals surface area contributed by atoms with Crippen LogP contribution >= 0.6 is 11.6 Å². The summed E-state index contributed by atoms with van der Waals surface area (Å²) in [4.78, 5) is 38.1. The number of methoxy groups -OCH3 is 1. The molecule has 4 atom stereocenters. The van der Waals surface area contributed by atoms with Crippen LogP contribution in [0.25, 0.3) is 0 Å². The lowest BCUT2D eigenvalue weighted by molar-refractivity contribution is -0.160. The number of hydrogen-bond donors (Lipinski definition) is 1. The lowest BCUT2D eigenvalue weighted by atomic mass is 9.76. The molecule has 6 nitrogen and oxygen atoms in total. The van der Waals surface area contributed by atoms with E-state index < -0.39 is 41.3 Å². The van der Waals surface area contributed by atoms with E-state index in [1.54, 1.807) is 24.3 Å². The highest BCUT2D eigenvalue weighted by molar-refractivity contribution is 6.30. The zero-order valence-corrected chi connectivity index (χ0v) is 15.8. The molecule has 0 bridgehead atoms. The average Bonchev–Trinajstić information content (AvgIpc) is 3.20. The number of benzene rings is 2. The summed E-state index contributed by atoms with van der Waals surface area (Å²) in [5.74, 6) is -3.75. The highest BCUT2D eigenvalue weighted by atomic mass is 35.5. The van der Waals surface area contributed by atoms with Gasteiger partial charge in [0.25, 0.3) is 0 Å². The van der Waals surface area contributed by atoms with Crippen LogP contribution in [0.2, 0.25) is 5.02 Å². The highest BCUT2D eigenvalue weighted by Gasteiger charge is 2.68. The zero-order chi connectivity index (χ0) is 19.9. The molecule has 1 N–H and O–H groups in total. The molecule has 0 amide bonds. The number of carbonyl (C=O) groups excluding carboxylic acids is 3. The molecule has 2 aliphatic rings. The van der Waals surface area contributed by atoms with E-state index in [2.05, 4.69) is 5.32 Å². The van der Waals surface area contributed by atoms with Crippen LogP contribution in [0.4, 0.5) is 0 Å². The second-order valence-corrected chi connectivity index (χ2v) is 7.48. The van der Waals surface area contributed by atoms with Crippen LogP contribution in [-0.2, 0) is 30.3 Å². The summed E-state index contributed by atoms with van der Waals surface area (Å²) >= 11 is 5.98. The largest absolute Gasteiger partial charge is 0.468 e. The van der Waals surface area contributed by atoms with Crippen LogP contribution < -0.4 is 5.32 Å². The standard InChI is InChI=1S/C21H18ClNO5/c1-27-20(26)21(11-12-5-3-2-4-6-12)16-15(18(24)28-19(16)25)17(23-21)13-7-9-14(22)10-8-13/h2-10,15-17,23H,11H2,1H3. The van der Waals surface area contributed by atoms with Gasteiger partial charge in [0.15, 0.2) is 0 Å². The van der Waals surface area contributed by atoms with E-state index in [9.17, 15) is 14.4 Å². The van der Waals surface area contributed by atoms with Gasteiger partial charge in [-0.05, 0) is 23.3 Å². The number of ether oxygens (including phenoxy) is 2. The summed E-state index contributed by atoms with van der Waals surface area (Å²) in [5.41, 5.74) is 0.168. The molecule has 0 radical (unpaired) electrons. The lowest BCUT2D eigenvalue weighted by Crippen LogP contribution is -2.56. The number of fused-ring (bicyclic) bond motifs is 1. The van der Waals surface area contributed by atoms with Crippen LogP contribution in [0.5, 0.6) is 0 Å². The first-order chi connectivity index (χ1) is 13.5. The Morgan fingerprint density at radius 3 is 2.43 bits per heavy atom. The monoisotopic (exact) mass is 399 g/mol. The third kappa shape index (κ3) is 2.89. The van der Waals surface area contributed by atoms with Crippen LogP contribution in [0.15, 0.2) is 54.6 Å². The summed E-state index contributed by atoms with van der Waals surface area (Å²) in [6.07, 6.45) is 0.189. The van der Waals surface area contributed by atoms with Crippen LogP contribution in [-0.4, -0.2) is 30.6 Å². The Morgan fingerprint density at radius 2 is 1.79 bits per heavy atom. The molecule has 0 aliphatic carbocycles. The summed E-state index contributed by atoms with van der Waals surface area (Å²) in [6, 6.07) is 15.6. The first kappa shape index (κ1) is 18.7. The van der Waals surface area contributed by atoms with Gasteiger partial charge in [0.2, 0.25) is 0 Å². The van der Waals surface area contributed by atoms with Gasteiger partial charge in [0, 0.05) is 17.5 Å². The fourth-order valence-electron chi connectivity index (χ4n) is 4.29. The maximum atomic E-state index is 12.9. The molecular formula is C21H18ClNO5. The van der Waals surface area contributed by atoms with E-state index >= 15 is 0 Å². The van der Waals surface area contributed by atoms with Gasteiger partial charge in [-0.2, -0.15) is 0 Å². The van der Waals surface area contributed by atoms with E-state index in [1.165, 1.54) is 7.11 Å². The van der Waals surface area contributed by atoms with Gasteiger partial charge < -0.3 is 9.47 Å². The van der Waals surface area contributed by atoms with Crippen molar-refractivity contribution in [3.05, 3.63) is 70.7 Å². The Kier molecular flexibility index (Phi) is 4.69. The number of halogens is 1. The van der Waals surface area contributed by atoms with Crippen molar-refractivity contribution in [2.75, 3.05) is 7.11 Å². The predicted octanol–water partition coefficient (Wildman–Crippen LogP) is 2.45. The Morgan fingerprint density at radius 1 is 1.11 bits per heavy atom. The molecule has 144 valence electrons. The van der Waals surface area contributed by atoms with Crippen LogP contribution in [0.3, 0.4) is 0 Å². The molecule has 0 spiro atoms. The number of hydrogen-bond acceptors (Lipinski definition) is 6. The van der Waals surface area contributed by atoms with Crippen molar-refractivity contribution in [1.29, 1.82) is 0 Å². The van der Waals surface area contributed by atoms with Gasteiger partial charge in [-0.15, -0.1) is 0 Å². The van der Waals surface area contributed by atoms with Crippen molar-refractivity contribution >= 4 is 29.5 Å². The Labute approximate surface area is 166 Å². The maximum Gasteiger partial charge on any atom is 0.327 e. The van der Waals surface area contributed by atoms with Crippen molar-refractivity contribution in [3.63, 3.8) is 0 Å². The number of esters is 3. The van der Waals surface area contributed by atoms with E-state index in [1.807, 2.05) is 30.3 Å². The maximum absolute atomic E-state index is 12.9. The smallest absolute Gasteiger partial charge is 0.327 e. The van der Waals surface area contributed by atoms with Gasteiger partial charge in [0.1, 0.15) is 11.5 Å². The molecule has 2 aromatic rings. The molecule has 28 heavy (non-hydrogen) atoms. The zero-order valence-electron chi connectivity index (χ0n) is 15.1. The second-order valence-electron chi connectivity index (χ2n) is 7.04. The molecule has 2 saturated heterocycles. The molecule has 2 heterocycles. The summed E-state index contributed by atoms with van der Waals surface area (Å²) in [5, 5.41) is 3.81. The molecule has 0 saturated carbocycles. The van der Waals surface area contributed by atoms with Crippen LogP contribution in [0.1, 0.15) is 17.2 Å². The number of nitrogens with one attached hydrogen (secondary N) is 1. The Balaban J connectivity index is 1.83. The number of carbonyl (C=O) groups is 3. The van der Waals surface area contributed by atoms with E-state index in [-0.39, 0.29) is 6.42 Å². The van der Waals surface area contributed by atoms with Crippen molar-refractivity contribution < 1.29 is 23.9 Å². The van der Waals surface area contributed by atoms with Crippen molar-refractivity contribution in [2.45, 2.75) is 18.0 Å². The van der Waals surface area contributed by atoms with Gasteiger partial charge in [0.05, 0.1) is 13.0 Å². The minimum absolute atomic E-state index is 0.189. The quantitative estimate of drug-likeness (QED) is 0.628. The Hall–Kier alpha value is -2.70. The van der Waals surface area contributed by atoms with E-state index in [0.717, 1.165) is 11.1 Å². The van der Waals surface area contributed by atoms with Gasteiger partial charge >= 0.3 is 17.9 Å². The molecule has 2 fully saturated rings. The lowest BCUT2D eigenvalue weighted by Gasteiger charge is -2.31. The van der Waals surface area contributed by atoms with Gasteiger partial charge in [-0.25, -0.2) is 0 Å². The fourth-order valence-corrected chi connectivity index (χ4v) is 4.41. The fraction of sp³-hybridized carbons (Fsp3) is 0.286. The number of cyclic esters (lactones) is 2. The second kappa shape index (κ2) is 7.04. The molecule has 0 aromatic heterocycles. The highest BCUT2D eigenvalue weighted by Crippen LogP contribution is 2.49. The van der Waals surface area contributed by atoms with Gasteiger partial charge in [-0.1, -0.05) is 54.1 Å². The minimum Gasteiger partial charge on any atom is -0.468 e. The SMILES string of the molecule is COC(=O)C1(Cc2ccccc2)NC(c2ccc(Cl)cc2)C2C(=O)OC(=O)C21. The molecule has 2 aromatic carbocycles. The van der Waals surface area contributed by atoms with Gasteiger partial charge in [-0.3, -0.25) is 19.7 Å². The third-order valence-corrected chi connectivity index (χ3v) is 5.75. The Bertz CT molecular complexity index is 930. The minimum atomic E-state index is -1.41. The van der Waals surface area contributed by atoms with Crippen LogP contribution in [0, 0.1) is 11.8 Å². The molecule has 2 aliphatic heterocycles. The van der Waals surface area contributed by atoms with E-state index in [4.69, 9.17) is 21.1 Å². The molecule has 4 unspecified atom stereocenters. The average molecular weight is 400 g/mol. The molecule has 4 rings (SSSR count). The van der Waals surface area contributed by atoms with Crippen molar-refractivity contribution in [3.8, 4) is 0 Å². The normalized spacial score (nSPS) is 28.7. The summed E-state index contributed by atoms with van der Waals surface area (Å²) < 4.78 is 10.0. The topological polar surface area (TPSA) is 81.7 Å². The summed E-state index contributed by atoms with van der Waals surface area (Å²) in [7, 11) is 1.27. The summed E-state index contributed by atoms with van der Waals surface area (Å²) in [6.45, 7) is 0. The van der Waals surface area contributed by atoms with Crippen molar-refractivity contribution in [1.82, 2.24) is 5.32 Å². The number of rotatable bonds is 4. The molecular weight excluding hydrogens is 382 g/mol. The van der Waals surface area contributed by atoms with Crippen molar-refractivity contribution in [2.24, 2.45) is 11.8 Å². The first-order valence-electron chi connectivity index (χ1n) is 8.87. The molecule has 7 heteroatoms. The van der Waals surface area contributed by atoms with E-state index in [0.29, 0.717) is 5.02 Å². The third-order valence-electron chi connectivity index (χ3n) is 5.49. The first-order valence-corrected chi connectivity index (χ1v) is 9.25.